The van der Waals surface area contributed by atoms with Crippen LogP contribution in [0.1, 0.15) is 27.2 Å². The molecule has 1 aliphatic heterocycles. The Morgan fingerprint density at radius 1 is 1.08 bits per heavy atom. The van der Waals surface area contributed by atoms with Crippen LogP contribution in [-0.4, -0.2) is 71.6 Å². The van der Waals surface area contributed by atoms with Crippen molar-refractivity contribution in [2.45, 2.75) is 50.5 Å². The van der Waals surface area contributed by atoms with Gasteiger partial charge in [0.05, 0.1) is 13.7 Å². The van der Waals surface area contributed by atoms with Gasteiger partial charge in [-0.3, -0.25) is 9.69 Å². The Kier molecular flexibility index (Phi) is 8.93. The molecule has 2 N–H and O–H groups in total. The van der Waals surface area contributed by atoms with Gasteiger partial charge in [-0.05, 0) is 37.8 Å². The first-order valence-electron chi connectivity index (χ1n) is 11.7. The summed E-state index contributed by atoms with van der Waals surface area (Å²) in [6, 6.07) is 14.9. The molecule has 8 nitrogen and oxygen atoms in total. The van der Waals surface area contributed by atoms with Gasteiger partial charge in [-0.2, -0.15) is 0 Å². The van der Waals surface area contributed by atoms with Crippen LogP contribution in [0.5, 0.6) is 0 Å². The first-order chi connectivity index (χ1) is 17.0. The van der Waals surface area contributed by atoms with E-state index in [4.69, 9.17) is 16.5 Å². The zero-order valence-electron chi connectivity index (χ0n) is 20.9. The van der Waals surface area contributed by atoms with Crippen molar-refractivity contribution >= 4 is 46.4 Å². The molecule has 10 heteroatoms. The summed E-state index contributed by atoms with van der Waals surface area (Å²) in [5.41, 5.74) is -0.985. The minimum Gasteiger partial charge on any atom is -0.467 e. The molecular formula is C26H33N2O6PS. The molecule has 2 amide bonds. The van der Waals surface area contributed by atoms with Gasteiger partial charge in [0, 0.05) is 18.2 Å². The quantitative estimate of drug-likeness (QED) is 0.416. The highest BCUT2D eigenvalue weighted by Crippen LogP contribution is 2.53. The van der Waals surface area contributed by atoms with Crippen LogP contribution in [0.3, 0.4) is 0 Å². The van der Waals surface area contributed by atoms with Crippen molar-refractivity contribution in [2.24, 2.45) is 0 Å². The van der Waals surface area contributed by atoms with Crippen LogP contribution in [0.4, 0.5) is 4.79 Å². The van der Waals surface area contributed by atoms with Gasteiger partial charge in [0.15, 0.2) is 6.04 Å². The predicted octanol–water partition coefficient (Wildman–Crippen LogP) is 2.14. The summed E-state index contributed by atoms with van der Waals surface area (Å²) in [5, 5.41) is 14.1. The minimum absolute atomic E-state index is 0.216. The highest BCUT2D eigenvalue weighted by molar-refractivity contribution is 8.22. The van der Waals surface area contributed by atoms with Gasteiger partial charge in [0.25, 0.3) is 0 Å². The number of rotatable bonds is 7. The molecule has 1 fully saturated rings. The Balaban J connectivity index is 2.02. The maximum Gasteiger partial charge on any atom is 0.410 e. The maximum absolute atomic E-state index is 13.4. The molecule has 0 unspecified atom stereocenters. The summed E-state index contributed by atoms with van der Waals surface area (Å²) in [4.78, 5) is 40.0. The van der Waals surface area contributed by atoms with E-state index in [1.54, 1.807) is 20.8 Å². The Labute approximate surface area is 217 Å². The van der Waals surface area contributed by atoms with Gasteiger partial charge in [0.2, 0.25) is 5.91 Å². The van der Waals surface area contributed by atoms with Crippen LogP contribution in [0.25, 0.3) is 0 Å². The molecule has 0 radical (unpaired) electrons. The van der Waals surface area contributed by atoms with E-state index in [1.807, 2.05) is 60.7 Å². The molecule has 1 aliphatic rings. The van der Waals surface area contributed by atoms with E-state index in [1.165, 1.54) is 12.0 Å². The smallest absolute Gasteiger partial charge is 0.410 e. The van der Waals surface area contributed by atoms with Gasteiger partial charge in [-0.25, -0.2) is 9.59 Å². The van der Waals surface area contributed by atoms with Crippen molar-refractivity contribution in [1.29, 1.82) is 0 Å². The van der Waals surface area contributed by atoms with Crippen LogP contribution >= 0.6 is 6.04 Å². The summed E-state index contributed by atoms with van der Waals surface area (Å²) in [7, 11) is 1.17. The van der Waals surface area contributed by atoms with Crippen molar-refractivity contribution in [3.8, 4) is 0 Å². The highest BCUT2D eigenvalue weighted by atomic mass is 32.4. The van der Waals surface area contributed by atoms with Gasteiger partial charge in [0.1, 0.15) is 11.6 Å². The molecule has 0 spiro atoms. The number of benzene rings is 2. The lowest BCUT2D eigenvalue weighted by molar-refractivity contribution is -0.146. The average Bonchev–Trinajstić information content (AvgIpc) is 3.33. The number of methoxy groups -OCH3 is 1. The van der Waals surface area contributed by atoms with E-state index in [0.29, 0.717) is 0 Å². The average molecular weight is 533 g/mol. The zero-order chi connectivity index (χ0) is 26.5. The molecule has 3 atom stereocenters. The van der Waals surface area contributed by atoms with Crippen molar-refractivity contribution in [1.82, 2.24) is 10.2 Å². The van der Waals surface area contributed by atoms with Gasteiger partial charge < -0.3 is 19.9 Å². The first-order valence-corrected chi connectivity index (χ1v) is 14.6. The van der Waals surface area contributed by atoms with Crippen LogP contribution < -0.4 is 15.9 Å². The number of hydrogen-bond donors (Lipinski definition) is 2. The number of aliphatic hydroxyl groups excluding tert-OH is 1. The topological polar surface area (TPSA) is 105 Å². The number of carbonyl (C=O) groups is 3. The largest absolute Gasteiger partial charge is 0.467 e. The number of ether oxygens (including phenoxy) is 2. The van der Waals surface area contributed by atoms with E-state index in [-0.39, 0.29) is 18.6 Å². The molecule has 2 aromatic carbocycles. The number of esters is 1. The summed E-state index contributed by atoms with van der Waals surface area (Å²) < 4.78 is 10.3. The lowest BCUT2D eigenvalue weighted by Crippen LogP contribution is -2.52. The van der Waals surface area contributed by atoms with Crippen LogP contribution in [0, 0.1) is 0 Å². The van der Waals surface area contributed by atoms with Crippen molar-refractivity contribution < 1.29 is 29.0 Å². The zero-order valence-corrected chi connectivity index (χ0v) is 22.6. The number of aliphatic hydroxyl groups is 1. The molecule has 0 bridgehead atoms. The number of amides is 2. The summed E-state index contributed by atoms with van der Waals surface area (Å²) in [6.07, 6.45) is -0.350. The van der Waals surface area contributed by atoms with Crippen LogP contribution in [0.15, 0.2) is 60.7 Å². The molecular weight excluding hydrogens is 499 g/mol. The van der Waals surface area contributed by atoms with E-state index in [9.17, 15) is 19.5 Å². The monoisotopic (exact) mass is 532 g/mol. The second-order valence-corrected chi connectivity index (χ2v) is 14.4. The summed E-state index contributed by atoms with van der Waals surface area (Å²) in [6.45, 7) is 4.85. The van der Waals surface area contributed by atoms with Gasteiger partial charge in [-0.1, -0.05) is 72.5 Å². The fourth-order valence-corrected chi connectivity index (χ4v) is 8.77. The fraction of sp³-hybridized carbons (Fsp3) is 0.423. The Morgan fingerprint density at radius 2 is 1.61 bits per heavy atom. The third-order valence-corrected chi connectivity index (χ3v) is 11.7. The number of hydrogen-bond acceptors (Lipinski definition) is 7. The predicted molar refractivity (Wildman–Crippen MR) is 143 cm³/mol. The number of likely N-dealkylation sites (tertiary alicyclic amines) is 1. The maximum atomic E-state index is 13.4. The Hall–Kier alpha value is -2.74. The lowest BCUT2D eigenvalue weighted by Gasteiger charge is -2.30. The van der Waals surface area contributed by atoms with Gasteiger partial charge >= 0.3 is 12.1 Å². The molecule has 1 saturated heterocycles. The third kappa shape index (κ3) is 6.14. The molecule has 194 valence electrons. The molecule has 3 rings (SSSR count). The molecule has 0 aliphatic carbocycles. The van der Waals surface area contributed by atoms with Crippen LogP contribution in [-0.2, 0) is 30.9 Å². The fourth-order valence-electron chi connectivity index (χ4n) is 4.31. The number of carbonyl (C=O) groups excluding carboxylic acids is 3. The van der Waals surface area contributed by atoms with Crippen molar-refractivity contribution in [2.75, 3.05) is 20.3 Å². The normalized spacial score (nSPS) is 18.9. The lowest BCUT2D eigenvalue weighted by atomic mass is 10.2. The number of nitrogens with one attached hydrogen (secondary N) is 1. The SMILES string of the molecule is COC(=O)[C@H](CO)NC(=O)[C@@H]1C[C@H](P(=S)(c2ccccc2)c2ccccc2)CN1C(=O)OC(C)(C)C. The molecule has 0 aromatic heterocycles. The third-order valence-electron chi connectivity index (χ3n) is 5.99. The van der Waals surface area contributed by atoms with E-state index < -0.39 is 48.3 Å². The molecule has 1 heterocycles. The minimum atomic E-state index is -2.48. The van der Waals surface area contributed by atoms with E-state index in [0.717, 1.165) is 10.6 Å². The number of nitrogens with zero attached hydrogens (tertiary/aromatic N) is 1. The Bertz CT molecular complexity index is 1080. The second kappa shape index (κ2) is 11.5. The van der Waals surface area contributed by atoms with E-state index in [2.05, 4.69) is 10.1 Å². The molecule has 36 heavy (non-hydrogen) atoms. The van der Waals surface area contributed by atoms with E-state index >= 15 is 0 Å². The Morgan fingerprint density at radius 3 is 2.06 bits per heavy atom. The first kappa shape index (κ1) is 27.8. The molecule has 0 saturated carbocycles. The summed E-state index contributed by atoms with van der Waals surface area (Å²) in [5.74, 6) is -1.35. The van der Waals surface area contributed by atoms with Crippen molar-refractivity contribution in [3.63, 3.8) is 0 Å². The summed E-state index contributed by atoms with van der Waals surface area (Å²) >= 11 is 6.44. The molecule has 2 aromatic rings. The van der Waals surface area contributed by atoms with Crippen molar-refractivity contribution in [3.05, 3.63) is 60.7 Å². The second-order valence-electron chi connectivity index (χ2n) is 9.63. The van der Waals surface area contributed by atoms with Gasteiger partial charge in [-0.15, -0.1) is 0 Å². The highest BCUT2D eigenvalue weighted by Gasteiger charge is 2.47. The standard InChI is InChI=1S/C26H33N2O6PS/c1-26(2,3)34-25(32)28-16-20(15-22(28)23(30)27-21(17-29)24(31)33-4)35(36,18-11-7-5-8-12-18)19-13-9-6-10-14-19/h5-14,20-22,29H,15-17H2,1-4H3,(H,27,30)/t20-,21-,22-/m0/s1. The van der Waals surface area contributed by atoms with Crippen LogP contribution in [0.2, 0.25) is 0 Å².